The lowest BCUT2D eigenvalue weighted by Crippen LogP contribution is -1.84. The van der Waals surface area contributed by atoms with E-state index in [0.29, 0.717) is 0 Å². The first kappa shape index (κ1) is 12.4. The molecule has 0 aliphatic carbocycles. The maximum atomic E-state index is 8.73. The third-order valence-corrected chi connectivity index (χ3v) is 2.35. The number of aliphatic hydroxyl groups excluding tert-OH is 1. The summed E-state index contributed by atoms with van der Waals surface area (Å²) in [5.74, 6) is 0. The van der Waals surface area contributed by atoms with Gasteiger partial charge in [-0.05, 0) is 32.6 Å². The molecule has 0 aliphatic heterocycles. The smallest absolute Gasteiger partial charge is 0.0615 e. The van der Waals surface area contributed by atoms with E-state index in [-0.39, 0.29) is 6.61 Å². The van der Waals surface area contributed by atoms with Crippen LogP contribution < -0.4 is 0 Å². The fraction of sp³-hybridized carbons (Fsp3) is 0.667. The summed E-state index contributed by atoms with van der Waals surface area (Å²) in [4.78, 5) is 0. The molecule has 0 amide bonds. The quantitative estimate of drug-likeness (QED) is 0.624. The van der Waals surface area contributed by atoms with Gasteiger partial charge in [-0.3, -0.25) is 0 Å². The van der Waals surface area contributed by atoms with E-state index < -0.39 is 0 Å². The maximum Gasteiger partial charge on any atom is 0.0615 e. The molecule has 0 aliphatic rings. The minimum absolute atomic E-state index is 0.180. The molecule has 0 heterocycles. The Balaban J connectivity index is 3.79. The van der Waals surface area contributed by atoms with E-state index in [0.717, 1.165) is 25.7 Å². The van der Waals surface area contributed by atoms with E-state index in [1.807, 2.05) is 6.08 Å². The molecule has 0 aromatic rings. The summed E-state index contributed by atoms with van der Waals surface area (Å²) in [6.07, 6.45) is 8.62. The van der Waals surface area contributed by atoms with Crippen LogP contribution in [0.2, 0.25) is 0 Å². The first-order valence-electron chi connectivity index (χ1n) is 5.18. The van der Waals surface area contributed by atoms with Gasteiger partial charge in [0.15, 0.2) is 0 Å². The van der Waals surface area contributed by atoms with E-state index in [1.54, 1.807) is 0 Å². The van der Waals surface area contributed by atoms with Crippen LogP contribution in [0.1, 0.15) is 46.5 Å². The third kappa shape index (κ3) is 6.59. The first-order valence-corrected chi connectivity index (χ1v) is 5.18. The Kier molecular flexibility index (Phi) is 7.71. The SMILES string of the molecule is CCC(C)=CCC/C(=C/CO)CC. The van der Waals surface area contributed by atoms with E-state index >= 15 is 0 Å². The second kappa shape index (κ2) is 8.06. The molecule has 0 atom stereocenters. The van der Waals surface area contributed by atoms with Crippen molar-refractivity contribution in [2.45, 2.75) is 46.5 Å². The molecule has 13 heavy (non-hydrogen) atoms. The average Bonchev–Trinajstić information content (AvgIpc) is 2.16. The van der Waals surface area contributed by atoms with Crippen molar-refractivity contribution in [3.8, 4) is 0 Å². The second-order valence-corrected chi connectivity index (χ2v) is 3.34. The topological polar surface area (TPSA) is 20.2 Å². The molecular weight excluding hydrogens is 160 g/mol. The summed E-state index contributed by atoms with van der Waals surface area (Å²) in [6, 6.07) is 0. The second-order valence-electron chi connectivity index (χ2n) is 3.34. The lowest BCUT2D eigenvalue weighted by atomic mass is 10.1. The number of aliphatic hydroxyl groups is 1. The van der Waals surface area contributed by atoms with Gasteiger partial charge in [0.1, 0.15) is 0 Å². The highest BCUT2D eigenvalue weighted by atomic mass is 16.2. The predicted molar refractivity (Wildman–Crippen MR) is 58.7 cm³/mol. The van der Waals surface area contributed by atoms with Gasteiger partial charge in [-0.2, -0.15) is 0 Å². The van der Waals surface area contributed by atoms with Crippen LogP contribution in [0.3, 0.4) is 0 Å². The highest BCUT2D eigenvalue weighted by Crippen LogP contribution is 2.11. The lowest BCUT2D eigenvalue weighted by Gasteiger charge is -2.01. The highest BCUT2D eigenvalue weighted by molar-refractivity contribution is 5.05. The molecule has 0 saturated heterocycles. The van der Waals surface area contributed by atoms with Crippen molar-refractivity contribution in [2.75, 3.05) is 6.61 Å². The molecular formula is C12H22O. The van der Waals surface area contributed by atoms with Crippen molar-refractivity contribution in [1.82, 2.24) is 0 Å². The molecule has 0 saturated carbocycles. The average molecular weight is 182 g/mol. The van der Waals surface area contributed by atoms with Gasteiger partial charge in [-0.25, -0.2) is 0 Å². The van der Waals surface area contributed by atoms with Gasteiger partial charge in [0.25, 0.3) is 0 Å². The fourth-order valence-electron chi connectivity index (χ4n) is 1.20. The van der Waals surface area contributed by atoms with Crippen LogP contribution in [-0.2, 0) is 0 Å². The summed E-state index contributed by atoms with van der Waals surface area (Å²) in [7, 11) is 0. The summed E-state index contributed by atoms with van der Waals surface area (Å²) in [5, 5.41) is 8.73. The Morgan fingerprint density at radius 2 is 1.85 bits per heavy atom. The van der Waals surface area contributed by atoms with Gasteiger partial charge in [0, 0.05) is 0 Å². The van der Waals surface area contributed by atoms with Gasteiger partial charge >= 0.3 is 0 Å². The van der Waals surface area contributed by atoms with Gasteiger partial charge < -0.3 is 5.11 Å². The van der Waals surface area contributed by atoms with Crippen molar-refractivity contribution in [2.24, 2.45) is 0 Å². The molecule has 0 unspecified atom stereocenters. The van der Waals surface area contributed by atoms with Gasteiger partial charge in [-0.1, -0.05) is 37.1 Å². The van der Waals surface area contributed by atoms with Crippen LogP contribution >= 0.6 is 0 Å². The monoisotopic (exact) mass is 182 g/mol. The largest absolute Gasteiger partial charge is 0.392 e. The Hall–Kier alpha value is -0.560. The van der Waals surface area contributed by atoms with E-state index in [9.17, 15) is 0 Å². The van der Waals surface area contributed by atoms with Crippen molar-refractivity contribution in [3.05, 3.63) is 23.3 Å². The van der Waals surface area contributed by atoms with Crippen LogP contribution in [0, 0.1) is 0 Å². The zero-order valence-corrected chi connectivity index (χ0v) is 9.14. The number of hydrogen-bond acceptors (Lipinski definition) is 1. The molecule has 76 valence electrons. The number of allylic oxidation sites excluding steroid dienone is 3. The predicted octanol–water partition coefficient (Wildman–Crippen LogP) is 3.45. The molecule has 0 aromatic carbocycles. The van der Waals surface area contributed by atoms with Crippen molar-refractivity contribution < 1.29 is 5.11 Å². The minimum Gasteiger partial charge on any atom is -0.392 e. The van der Waals surface area contributed by atoms with Crippen molar-refractivity contribution in [1.29, 1.82) is 0 Å². The van der Waals surface area contributed by atoms with E-state index in [2.05, 4.69) is 26.8 Å². The standard InChI is InChI=1S/C12H22O/c1-4-11(3)7-6-8-12(5-2)9-10-13/h7,9,13H,4-6,8,10H2,1-3H3/b11-7?,12-9+. The molecule has 0 bridgehead atoms. The van der Waals surface area contributed by atoms with Crippen LogP contribution in [0.15, 0.2) is 23.3 Å². The molecule has 1 heteroatoms. The maximum absolute atomic E-state index is 8.73. The van der Waals surface area contributed by atoms with Crippen LogP contribution in [0.5, 0.6) is 0 Å². The minimum atomic E-state index is 0.180. The Labute approximate surface area is 82.2 Å². The Morgan fingerprint density at radius 3 is 2.31 bits per heavy atom. The molecule has 0 rings (SSSR count). The van der Waals surface area contributed by atoms with Crippen LogP contribution in [0.4, 0.5) is 0 Å². The highest BCUT2D eigenvalue weighted by Gasteiger charge is 1.92. The Bertz CT molecular complexity index is 178. The first-order chi connectivity index (χ1) is 6.24. The van der Waals surface area contributed by atoms with Gasteiger partial charge in [0.2, 0.25) is 0 Å². The van der Waals surface area contributed by atoms with Crippen LogP contribution in [-0.4, -0.2) is 11.7 Å². The molecule has 1 N–H and O–H groups in total. The summed E-state index contributed by atoms with van der Waals surface area (Å²) in [6.45, 7) is 6.66. The number of hydrogen-bond donors (Lipinski definition) is 1. The van der Waals surface area contributed by atoms with Gasteiger partial charge in [0.05, 0.1) is 6.61 Å². The van der Waals surface area contributed by atoms with Gasteiger partial charge in [-0.15, -0.1) is 0 Å². The third-order valence-electron chi connectivity index (χ3n) is 2.35. The van der Waals surface area contributed by atoms with Crippen LogP contribution in [0.25, 0.3) is 0 Å². The zero-order chi connectivity index (χ0) is 10.1. The number of rotatable bonds is 6. The molecule has 0 aromatic heterocycles. The van der Waals surface area contributed by atoms with Crippen molar-refractivity contribution >= 4 is 0 Å². The van der Waals surface area contributed by atoms with E-state index in [4.69, 9.17) is 5.11 Å². The summed E-state index contributed by atoms with van der Waals surface area (Å²) < 4.78 is 0. The lowest BCUT2D eigenvalue weighted by molar-refractivity contribution is 0.341. The Morgan fingerprint density at radius 1 is 1.15 bits per heavy atom. The molecule has 1 nitrogen and oxygen atoms in total. The fourth-order valence-corrected chi connectivity index (χ4v) is 1.20. The normalized spacial score (nSPS) is 13.5. The van der Waals surface area contributed by atoms with Crippen molar-refractivity contribution in [3.63, 3.8) is 0 Å². The zero-order valence-electron chi connectivity index (χ0n) is 9.14. The molecule has 0 spiro atoms. The summed E-state index contributed by atoms with van der Waals surface area (Å²) in [5.41, 5.74) is 2.82. The molecule has 0 radical (unpaired) electrons. The molecule has 0 fully saturated rings. The summed E-state index contributed by atoms with van der Waals surface area (Å²) >= 11 is 0. The van der Waals surface area contributed by atoms with E-state index in [1.165, 1.54) is 11.1 Å².